The number of hydrogen-bond donors (Lipinski definition) is 1. The molecule has 39 heavy (non-hydrogen) atoms. The maximum Gasteiger partial charge on any atom is 0.296 e. The highest BCUT2D eigenvalue weighted by atomic mass is 32.2. The van der Waals surface area contributed by atoms with E-state index in [1.165, 1.54) is 37.1 Å². The zero-order valence-electron chi connectivity index (χ0n) is 21.1. The molecule has 2 amide bonds. The summed E-state index contributed by atoms with van der Waals surface area (Å²) in [6.07, 6.45) is -0.197. The first kappa shape index (κ1) is 26.0. The van der Waals surface area contributed by atoms with E-state index in [0.717, 1.165) is 11.1 Å². The number of carbonyl (C=O) groups is 2. The summed E-state index contributed by atoms with van der Waals surface area (Å²) in [6.45, 7) is 2.28. The van der Waals surface area contributed by atoms with Crippen molar-refractivity contribution in [3.63, 3.8) is 0 Å². The van der Waals surface area contributed by atoms with Crippen molar-refractivity contribution in [2.75, 3.05) is 19.2 Å². The van der Waals surface area contributed by atoms with Crippen molar-refractivity contribution in [1.29, 1.82) is 0 Å². The Bertz CT molecular complexity index is 1490. The number of amides is 2. The number of amidine groups is 1. The van der Waals surface area contributed by atoms with Gasteiger partial charge in [0.15, 0.2) is 16.7 Å². The third-order valence-electron chi connectivity index (χ3n) is 6.18. The third kappa shape index (κ3) is 5.65. The van der Waals surface area contributed by atoms with E-state index in [0.29, 0.717) is 22.4 Å². The van der Waals surface area contributed by atoms with Gasteiger partial charge in [0, 0.05) is 6.42 Å². The van der Waals surface area contributed by atoms with Crippen molar-refractivity contribution in [2.24, 2.45) is 4.99 Å². The largest absolute Gasteiger partial charge is 0.496 e. The van der Waals surface area contributed by atoms with E-state index < -0.39 is 16.1 Å². The van der Waals surface area contributed by atoms with Crippen LogP contribution in [0.25, 0.3) is 0 Å². The number of hydrogen-bond acceptors (Lipinski definition) is 9. The summed E-state index contributed by atoms with van der Waals surface area (Å²) in [5.41, 5.74) is 2.17. The molecule has 1 fully saturated rings. The molecule has 1 N–H and O–H groups in total. The fourth-order valence-electron chi connectivity index (χ4n) is 4.15. The van der Waals surface area contributed by atoms with E-state index in [1.807, 2.05) is 43.3 Å². The monoisotopic (exact) mass is 548 g/mol. The highest BCUT2D eigenvalue weighted by molar-refractivity contribution is 8.15. The van der Waals surface area contributed by atoms with Gasteiger partial charge in [0.1, 0.15) is 16.7 Å². The second-order valence-corrected chi connectivity index (χ2v) is 9.96. The summed E-state index contributed by atoms with van der Waals surface area (Å²) in [5, 5.41) is 13.8. The number of ether oxygens (including phenoxy) is 3. The number of anilines is 1. The lowest BCUT2D eigenvalue weighted by molar-refractivity contribution is -0.384. The molecule has 0 aliphatic carbocycles. The number of benzene rings is 3. The molecular weight excluding hydrogens is 524 g/mol. The Morgan fingerprint density at radius 2 is 1.97 bits per heavy atom. The fourth-order valence-corrected chi connectivity index (χ4v) is 5.30. The Kier molecular flexibility index (Phi) is 7.37. The number of thioether (sulfide) groups is 1. The van der Waals surface area contributed by atoms with Crippen molar-refractivity contribution in [3.05, 3.63) is 81.9 Å². The zero-order chi connectivity index (χ0) is 27.5. The van der Waals surface area contributed by atoms with E-state index in [2.05, 4.69) is 5.32 Å². The quantitative estimate of drug-likeness (QED) is 0.314. The molecule has 11 nitrogen and oxygen atoms in total. The molecule has 2 aliphatic rings. The molecule has 0 unspecified atom stereocenters. The number of nitro groups is 1. The van der Waals surface area contributed by atoms with Gasteiger partial charge in [-0.1, -0.05) is 36.0 Å². The van der Waals surface area contributed by atoms with E-state index in [4.69, 9.17) is 19.2 Å². The van der Waals surface area contributed by atoms with Crippen LogP contribution >= 0.6 is 11.8 Å². The van der Waals surface area contributed by atoms with Crippen LogP contribution in [0.1, 0.15) is 17.5 Å². The number of methoxy groups -OCH3 is 1. The molecule has 1 saturated heterocycles. The molecule has 2 heterocycles. The maximum atomic E-state index is 13.5. The Labute approximate surface area is 227 Å². The van der Waals surface area contributed by atoms with Gasteiger partial charge in [-0.05, 0) is 48.4 Å². The highest BCUT2D eigenvalue weighted by Crippen LogP contribution is 2.37. The standard InChI is InChI=1S/C27H24N4O7S/c1-16-5-3-4-6-19(16)29-27-30(14-17-7-10-22-23(11-17)38-15-37-22)26(33)24(39-27)13-25(32)28-20-9-8-18(36-2)12-21(20)31(34)35/h3-12,24H,13-15H2,1-2H3,(H,28,32)/t24-/m1/s1. The Morgan fingerprint density at radius 1 is 1.18 bits per heavy atom. The van der Waals surface area contributed by atoms with Crippen LogP contribution in [0.4, 0.5) is 17.1 Å². The van der Waals surface area contributed by atoms with Crippen LogP contribution in [0.15, 0.2) is 65.7 Å². The van der Waals surface area contributed by atoms with E-state index >= 15 is 0 Å². The molecular formula is C27H24N4O7S. The van der Waals surface area contributed by atoms with Gasteiger partial charge in [-0.25, -0.2) is 4.99 Å². The van der Waals surface area contributed by atoms with Crippen LogP contribution in [0.3, 0.4) is 0 Å². The van der Waals surface area contributed by atoms with Gasteiger partial charge in [-0.15, -0.1) is 0 Å². The molecule has 0 radical (unpaired) electrons. The summed E-state index contributed by atoms with van der Waals surface area (Å²) in [6, 6.07) is 17.1. The average molecular weight is 549 g/mol. The lowest BCUT2D eigenvalue weighted by Gasteiger charge is -2.17. The Hall–Kier alpha value is -4.58. The second kappa shape index (κ2) is 11.0. The lowest BCUT2D eigenvalue weighted by atomic mass is 10.1. The molecule has 12 heteroatoms. The first-order chi connectivity index (χ1) is 18.8. The molecule has 1 atom stereocenters. The molecule has 200 valence electrons. The van der Waals surface area contributed by atoms with E-state index in [9.17, 15) is 19.7 Å². The van der Waals surface area contributed by atoms with Crippen LogP contribution in [0.5, 0.6) is 17.2 Å². The number of rotatable bonds is 8. The summed E-state index contributed by atoms with van der Waals surface area (Å²) in [5.74, 6) is 0.703. The van der Waals surface area contributed by atoms with Crippen LogP contribution in [0.2, 0.25) is 0 Å². The number of aryl methyl sites for hydroxylation is 1. The van der Waals surface area contributed by atoms with Gasteiger partial charge < -0.3 is 19.5 Å². The number of fused-ring (bicyclic) bond motifs is 1. The van der Waals surface area contributed by atoms with Gasteiger partial charge in [0.05, 0.1) is 30.3 Å². The van der Waals surface area contributed by atoms with Crippen molar-refractivity contribution >= 4 is 45.8 Å². The fraction of sp³-hybridized carbons (Fsp3) is 0.222. The smallest absolute Gasteiger partial charge is 0.296 e. The first-order valence-electron chi connectivity index (χ1n) is 12.0. The van der Waals surface area contributed by atoms with Gasteiger partial charge in [0.2, 0.25) is 18.6 Å². The zero-order valence-corrected chi connectivity index (χ0v) is 21.9. The van der Waals surface area contributed by atoms with Gasteiger partial charge >= 0.3 is 0 Å². The molecule has 3 aromatic rings. The van der Waals surface area contributed by atoms with Crippen molar-refractivity contribution < 1.29 is 28.7 Å². The molecule has 5 rings (SSSR count). The second-order valence-electron chi connectivity index (χ2n) is 8.79. The normalized spacial score (nSPS) is 17.0. The molecule has 0 aromatic heterocycles. The van der Waals surface area contributed by atoms with E-state index in [1.54, 1.807) is 11.0 Å². The summed E-state index contributed by atoms with van der Waals surface area (Å²) >= 11 is 1.19. The third-order valence-corrected chi connectivity index (χ3v) is 7.35. The van der Waals surface area contributed by atoms with Crippen LogP contribution in [-0.2, 0) is 16.1 Å². The van der Waals surface area contributed by atoms with Crippen LogP contribution < -0.4 is 19.5 Å². The van der Waals surface area contributed by atoms with Gasteiger partial charge in [-0.3, -0.25) is 24.6 Å². The number of nitrogens with one attached hydrogen (secondary N) is 1. The predicted octanol–water partition coefficient (Wildman–Crippen LogP) is 4.80. The minimum Gasteiger partial charge on any atom is -0.496 e. The van der Waals surface area contributed by atoms with Gasteiger partial charge in [-0.2, -0.15) is 0 Å². The van der Waals surface area contributed by atoms with Crippen LogP contribution in [0, 0.1) is 17.0 Å². The van der Waals surface area contributed by atoms with Gasteiger partial charge in [0.25, 0.3) is 5.69 Å². The van der Waals surface area contributed by atoms with E-state index in [-0.39, 0.29) is 42.8 Å². The van der Waals surface area contributed by atoms with Crippen molar-refractivity contribution in [2.45, 2.75) is 25.1 Å². The Morgan fingerprint density at radius 3 is 2.74 bits per heavy atom. The maximum absolute atomic E-state index is 13.5. The minimum absolute atomic E-state index is 0.0206. The molecule has 0 saturated carbocycles. The molecule has 2 aliphatic heterocycles. The summed E-state index contributed by atoms with van der Waals surface area (Å²) in [7, 11) is 1.39. The summed E-state index contributed by atoms with van der Waals surface area (Å²) in [4.78, 5) is 43.7. The topological polar surface area (TPSA) is 133 Å². The molecule has 0 spiro atoms. The minimum atomic E-state index is -0.765. The molecule has 0 bridgehead atoms. The molecule has 3 aromatic carbocycles. The highest BCUT2D eigenvalue weighted by Gasteiger charge is 2.39. The number of carbonyl (C=O) groups excluding carboxylic acids is 2. The number of nitro benzene ring substituents is 1. The average Bonchev–Trinajstić information content (AvgIpc) is 3.50. The van der Waals surface area contributed by atoms with Crippen LogP contribution in [-0.4, -0.2) is 46.0 Å². The Balaban J connectivity index is 1.38. The lowest BCUT2D eigenvalue weighted by Crippen LogP contribution is -2.33. The SMILES string of the molecule is COc1ccc(NC(=O)C[C@H]2SC(=Nc3ccccc3C)N(Cc3ccc4c(c3)OCO4)C2=O)c([N+](=O)[O-])c1. The number of aliphatic imine (C=N–C) groups is 1. The predicted molar refractivity (Wildman–Crippen MR) is 146 cm³/mol. The van der Waals surface area contributed by atoms with Crippen molar-refractivity contribution in [1.82, 2.24) is 4.90 Å². The number of nitrogens with zero attached hydrogens (tertiary/aromatic N) is 3. The summed E-state index contributed by atoms with van der Waals surface area (Å²) < 4.78 is 15.9. The van der Waals surface area contributed by atoms with Crippen molar-refractivity contribution in [3.8, 4) is 17.2 Å². The number of para-hydroxylation sites is 1. The first-order valence-corrected chi connectivity index (χ1v) is 12.8.